The van der Waals surface area contributed by atoms with Crippen molar-refractivity contribution in [2.45, 2.75) is 23.6 Å². The minimum absolute atomic E-state index is 0.204. The summed E-state index contributed by atoms with van der Waals surface area (Å²) in [7, 11) is 0. The predicted molar refractivity (Wildman–Crippen MR) is 110 cm³/mol. The van der Waals surface area contributed by atoms with Crippen molar-refractivity contribution in [3.05, 3.63) is 95.6 Å². The largest absolute Gasteiger partial charge is 0.464 e. The summed E-state index contributed by atoms with van der Waals surface area (Å²) in [4.78, 5) is 1.25. The summed E-state index contributed by atoms with van der Waals surface area (Å²) < 4.78 is 6.40. The van der Waals surface area contributed by atoms with Gasteiger partial charge >= 0.3 is 0 Å². The standard InChI is InChI=1S/C23H20N2OS/c1-27-18-13-11-17(12-14-18)23-25-21(19-9-5-6-10-22(19)26-23)15-20(24-25)16-7-3-2-4-8-16/h2-14,21,23H,15H2,1H3/t21-,23+/m0/s1. The summed E-state index contributed by atoms with van der Waals surface area (Å²) >= 11 is 1.75. The molecule has 3 nitrogen and oxygen atoms in total. The molecule has 0 bridgehead atoms. The van der Waals surface area contributed by atoms with E-state index in [9.17, 15) is 0 Å². The molecule has 0 amide bonds. The van der Waals surface area contributed by atoms with Crippen molar-refractivity contribution < 1.29 is 4.74 Å². The fourth-order valence-corrected chi connectivity index (χ4v) is 4.24. The number of thioether (sulfide) groups is 1. The molecular weight excluding hydrogens is 352 g/mol. The van der Waals surface area contributed by atoms with E-state index < -0.39 is 0 Å². The number of hydrogen-bond donors (Lipinski definition) is 0. The number of para-hydroxylation sites is 1. The van der Waals surface area contributed by atoms with E-state index in [1.807, 2.05) is 12.1 Å². The maximum absolute atomic E-state index is 6.40. The highest BCUT2D eigenvalue weighted by Crippen LogP contribution is 2.47. The van der Waals surface area contributed by atoms with E-state index in [2.05, 4.69) is 78.0 Å². The van der Waals surface area contributed by atoms with Crippen LogP contribution in [-0.2, 0) is 0 Å². The second-order valence-electron chi connectivity index (χ2n) is 6.79. The third-order valence-electron chi connectivity index (χ3n) is 5.21. The average molecular weight is 372 g/mol. The van der Waals surface area contributed by atoms with E-state index in [0.717, 1.165) is 23.4 Å². The number of nitrogens with zero attached hydrogens (tertiary/aromatic N) is 2. The molecule has 0 fully saturated rings. The fourth-order valence-electron chi connectivity index (χ4n) is 3.83. The second kappa shape index (κ2) is 6.78. The van der Waals surface area contributed by atoms with Gasteiger partial charge in [0.15, 0.2) is 0 Å². The molecule has 0 spiro atoms. The molecule has 27 heavy (non-hydrogen) atoms. The van der Waals surface area contributed by atoms with Crippen molar-refractivity contribution in [3.8, 4) is 5.75 Å². The Morgan fingerprint density at radius 3 is 2.44 bits per heavy atom. The lowest BCUT2D eigenvalue weighted by Gasteiger charge is -2.38. The number of hydrogen-bond acceptors (Lipinski definition) is 4. The predicted octanol–water partition coefficient (Wildman–Crippen LogP) is 5.65. The molecule has 2 heterocycles. The summed E-state index contributed by atoms with van der Waals surface area (Å²) in [6, 6.07) is 27.6. The Hall–Kier alpha value is -2.72. The quantitative estimate of drug-likeness (QED) is 0.555. The van der Waals surface area contributed by atoms with Crippen LogP contribution in [0.25, 0.3) is 0 Å². The number of ether oxygens (including phenoxy) is 1. The van der Waals surface area contributed by atoms with Crippen LogP contribution in [0.4, 0.5) is 0 Å². The number of rotatable bonds is 3. The van der Waals surface area contributed by atoms with Crippen LogP contribution >= 0.6 is 11.8 Å². The molecule has 0 saturated heterocycles. The Bertz CT molecular complexity index is 985. The van der Waals surface area contributed by atoms with E-state index >= 15 is 0 Å². The topological polar surface area (TPSA) is 24.8 Å². The van der Waals surface area contributed by atoms with Crippen molar-refractivity contribution in [1.29, 1.82) is 0 Å². The smallest absolute Gasteiger partial charge is 0.213 e. The van der Waals surface area contributed by atoms with Crippen molar-refractivity contribution in [3.63, 3.8) is 0 Å². The summed E-state index contributed by atoms with van der Waals surface area (Å²) in [6.45, 7) is 0. The zero-order chi connectivity index (χ0) is 18.2. The van der Waals surface area contributed by atoms with Gasteiger partial charge in [0.1, 0.15) is 5.75 Å². The summed E-state index contributed by atoms with van der Waals surface area (Å²) in [5, 5.41) is 7.14. The van der Waals surface area contributed by atoms with Gasteiger partial charge in [0.2, 0.25) is 6.23 Å². The first-order valence-corrected chi connectivity index (χ1v) is 10.4. The molecule has 5 rings (SSSR count). The Labute approximate surface area is 163 Å². The first-order valence-electron chi connectivity index (χ1n) is 9.14. The lowest BCUT2D eigenvalue weighted by Crippen LogP contribution is -2.33. The van der Waals surface area contributed by atoms with Crippen LogP contribution in [0.2, 0.25) is 0 Å². The molecular formula is C23H20N2OS. The third kappa shape index (κ3) is 2.90. The van der Waals surface area contributed by atoms with Gasteiger partial charge in [0.25, 0.3) is 0 Å². The second-order valence-corrected chi connectivity index (χ2v) is 7.67. The van der Waals surface area contributed by atoms with Crippen LogP contribution in [0.1, 0.15) is 35.4 Å². The first kappa shape index (κ1) is 16.5. The summed E-state index contributed by atoms with van der Waals surface area (Å²) in [6.07, 6.45) is 2.78. The van der Waals surface area contributed by atoms with Crippen LogP contribution in [-0.4, -0.2) is 17.0 Å². The van der Waals surface area contributed by atoms with Crippen LogP contribution in [0.3, 0.4) is 0 Å². The van der Waals surface area contributed by atoms with Crippen molar-refractivity contribution in [2.75, 3.05) is 6.26 Å². The van der Waals surface area contributed by atoms with E-state index in [-0.39, 0.29) is 12.3 Å². The maximum Gasteiger partial charge on any atom is 0.213 e. The van der Waals surface area contributed by atoms with Crippen LogP contribution in [0.5, 0.6) is 5.75 Å². The summed E-state index contributed by atoms with van der Waals surface area (Å²) in [5.74, 6) is 0.960. The van der Waals surface area contributed by atoms with Crippen molar-refractivity contribution in [1.82, 2.24) is 5.01 Å². The Morgan fingerprint density at radius 2 is 1.67 bits per heavy atom. The Morgan fingerprint density at radius 1 is 0.926 bits per heavy atom. The van der Waals surface area contributed by atoms with Gasteiger partial charge in [-0.15, -0.1) is 11.8 Å². The highest BCUT2D eigenvalue weighted by atomic mass is 32.2. The molecule has 0 saturated carbocycles. The molecule has 4 heteroatoms. The molecule has 3 aromatic rings. The molecule has 0 aromatic heterocycles. The molecule has 2 aliphatic heterocycles. The Balaban J connectivity index is 1.57. The van der Waals surface area contributed by atoms with Crippen molar-refractivity contribution in [2.24, 2.45) is 5.10 Å². The molecule has 0 N–H and O–H groups in total. The van der Waals surface area contributed by atoms with Gasteiger partial charge < -0.3 is 4.74 Å². The number of benzene rings is 3. The first-order chi connectivity index (χ1) is 13.3. The third-order valence-corrected chi connectivity index (χ3v) is 5.95. The highest BCUT2D eigenvalue weighted by Gasteiger charge is 2.40. The lowest BCUT2D eigenvalue weighted by atomic mass is 9.96. The molecule has 3 aromatic carbocycles. The van der Waals surface area contributed by atoms with Gasteiger partial charge in [0, 0.05) is 22.4 Å². The van der Waals surface area contributed by atoms with Crippen LogP contribution < -0.4 is 4.74 Å². The van der Waals surface area contributed by atoms with Gasteiger partial charge in [-0.2, -0.15) is 5.10 Å². The fraction of sp³-hybridized carbons (Fsp3) is 0.174. The van der Waals surface area contributed by atoms with Gasteiger partial charge in [0.05, 0.1) is 11.8 Å². The van der Waals surface area contributed by atoms with Crippen molar-refractivity contribution >= 4 is 17.5 Å². The monoisotopic (exact) mass is 372 g/mol. The summed E-state index contributed by atoms with van der Waals surface area (Å²) in [5.41, 5.74) is 4.64. The van der Waals surface area contributed by atoms with Gasteiger partial charge in [-0.05, 0) is 30.0 Å². The Kier molecular flexibility index (Phi) is 4.13. The average Bonchev–Trinajstić information content (AvgIpc) is 3.20. The van der Waals surface area contributed by atoms with E-state index in [0.29, 0.717) is 0 Å². The zero-order valence-electron chi connectivity index (χ0n) is 15.1. The molecule has 2 aliphatic rings. The van der Waals surface area contributed by atoms with Crippen LogP contribution in [0, 0.1) is 0 Å². The van der Waals surface area contributed by atoms with Crippen LogP contribution in [0.15, 0.2) is 88.9 Å². The highest BCUT2D eigenvalue weighted by molar-refractivity contribution is 7.98. The molecule has 0 unspecified atom stereocenters. The van der Waals surface area contributed by atoms with E-state index in [1.54, 1.807) is 11.8 Å². The molecule has 0 aliphatic carbocycles. The van der Waals surface area contributed by atoms with Gasteiger partial charge in [-0.3, -0.25) is 0 Å². The lowest BCUT2D eigenvalue weighted by molar-refractivity contribution is -0.0190. The minimum atomic E-state index is -0.206. The van der Waals surface area contributed by atoms with Gasteiger partial charge in [-0.1, -0.05) is 60.7 Å². The van der Waals surface area contributed by atoms with E-state index in [4.69, 9.17) is 9.84 Å². The molecule has 2 atom stereocenters. The number of hydrazone groups is 1. The zero-order valence-corrected chi connectivity index (χ0v) is 15.9. The SMILES string of the molecule is CSc1ccc([C@H]2Oc3ccccc3[C@@H]3CC(c4ccccc4)=NN23)cc1. The molecule has 134 valence electrons. The normalized spacial score (nSPS) is 20.5. The minimum Gasteiger partial charge on any atom is -0.464 e. The van der Waals surface area contributed by atoms with E-state index in [1.165, 1.54) is 16.0 Å². The van der Waals surface area contributed by atoms with Gasteiger partial charge in [-0.25, -0.2) is 5.01 Å². The molecule has 0 radical (unpaired) electrons. The maximum atomic E-state index is 6.40. The number of fused-ring (bicyclic) bond motifs is 3.